The summed E-state index contributed by atoms with van der Waals surface area (Å²) in [5, 5.41) is 5.70. The third kappa shape index (κ3) is 2.39. The van der Waals surface area contributed by atoms with Crippen LogP contribution in [0.15, 0.2) is 6.33 Å². The molecule has 0 radical (unpaired) electrons. The smallest absolute Gasteiger partial charge is 0.312 e. The quantitative estimate of drug-likeness (QED) is 0.626. The molecule has 16 heavy (non-hydrogen) atoms. The largest absolute Gasteiger partial charge is 0.368 e. The molecule has 0 atom stereocenters. The molecule has 1 aromatic rings. The maximum absolute atomic E-state index is 10.5. The highest BCUT2D eigenvalue weighted by Gasteiger charge is 2.16. The number of nitrogens with one attached hydrogen (secondary N) is 2. The van der Waals surface area contributed by atoms with E-state index < -0.39 is 6.03 Å². The lowest BCUT2D eigenvalue weighted by atomic mass is 10.2. The minimum Gasteiger partial charge on any atom is -0.368 e. The highest BCUT2D eigenvalue weighted by Crippen LogP contribution is 2.24. The number of amides is 2. The minimum atomic E-state index is -0.505. The number of nitrogens with two attached hydrogens (primary N) is 1. The van der Waals surface area contributed by atoms with E-state index in [9.17, 15) is 4.79 Å². The molecule has 0 aliphatic heterocycles. The van der Waals surface area contributed by atoms with Gasteiger partial charge in [-0.25, -0.2) is 14.8 Å². The van der Waals surface area contributed by atoms with Crippen LogP contribution in [-0.2, 0) is 12.8 Å². The van der Waals surface area contributed by atoms with Crippen molar-refractivity contribution in [2.24, 2.45) is 5.73 Å². The van der Waals surface area contributed by atoms with Gasteiger partial charge in [-0.15, -0.1) is 0 Å². The second kappa shape index (κ2) is 4.78. The van der Waals surface area contributed by atoms with Gasteiger partial charge in [-0.05, 0) is 19.3 Å². The molecule has 2 rings (SSSR count). The first-order chi connectivity index (χ1) is 7.77. The second-order valence-corrected chi connectivity index (χ2v) is 3.72. The van der Waals surface area contributed by atoms with Gasteiger partial charge in [0.1, 0.15) is 12.1 Å². The van der Waals surface area contributed by atoms with Crippen LogP contribution < -0.4 is 16.4 Å². The predicted molar refractivity (Wildman–Crippen MR) is 60.1 cm³/mol. The minimum absolute atomic E-state index is 0.494. The summed E-state index contributed by atoms with van der Waals surface area (Å²) in [7, 11) is 0. The van der Waals surface area contributed by atoms with E-state index in [1.165, 1.54) is 5.56 Å². The Hall–Kier alpha value is -1.85. The highest BCUT2D eigenvalue weighted by atomic mass is 16.2. The average Bonchev–Trinajstić information content (AvgIpc) is 2.72. The zero-order valence-electron chi connectivity index (χ0n) is 8.99. The highest BCUT2D eigenvalue weighted by molar-refractivity contribution is 5.71. The summed E-state index contributed by atoms with van der Waals surface area (Å²) in [6, 6.07) is -0.505. The van der Waals surface area contributed by atoms with Gasteiger partial charge in [0.05, 0.1) is 0 Å². The first-order valence-electron chi connectivity index (χ1n) is 5.37. The molecule has 0 fully saturated rings. The van der Waals surface area contributed by atoms with Crippen LogP contribution in [0, 0.1) is 0 Å². The summed E-state index contributed by atoms with van der Waals surface area (Å²) in [6.45, 7) is 1.11. The van der Waals surface area contributed by atoms with Crippen molar-refractivity contribution in [1.82, 2.24) is 15.3 Å². The Morgan fingerprint density at radius 2 is 2.25 bits per heavy atom. The Balaban J connectivity index is 1.90. The van der Waals surface area contributed by atoms with Gasteiger partial charge in [0.25, 0.3) is 0 Å². The Morgan fingerprint density at radius 1 is 1.38 bits per heavy atom. The number of primary amides is 1. The maximum Gasteiger partial charge on any atom is 0.312 e. The van der Waals surface area contributed by atoms with Gasteiger partial charge in [0.15, 0.2) is 0 Å². The normalized spacial score (nSPS) is 13.2. The average molecular weight is 221 g/mol. The molecule has 0 unspecified atom stereocenters. The first kappa shape index (κ1) is 10.7. The van der Waals surface area contributed by atoms with Gasteiger partial charge < -0.3 is 16.4 Å². The monoisotopic (exact) mass is 221 g/mol. The lowest BCUT2D eigenvalue weighted by molar-refractivity contribution is 0.249. The SMILES string of the molecule is NC(=O)NCCNc1ncnc2c1CCC2. The number of carbonyl (C=O) groups is 1. The standard InChI is InChI=1S/C10H15N5O/c11-10(16)13-5-4-12-9-7-2-1-3-8(7)14-6-15-9/h6H,1-5H2,(H3,11,13,16)(H,12,14,15). The summed E-state index contributed by atoms with van der Waals surface area (Å²) in [4.78, 5) is 18.9. The molecule has 0 saturated heterocycles. The van der Waals surface area contributed by atoms with Gasteiger partial charge in [-0.3, -0.25) is 0 Å². The van der Waals surface area contributed by atoms with E-state index in [1.807, 2.05) is 0 Å². The fourth-order valence-corrected chi connectivity index (χ4v) is 1.88. The van der Waals surface area contributed by atoms with Crippen molar-refractivity contribution in [3.8, 4) is 0 Å². The van der Waals surface area contributed by atoms with Crippen LogP contribution >= 0.6 is 0 Å². The number of rotatable bonds is 4. The van der Waals surface area contributed by atoms with Crippen molar-refractivity contribution in [2.75, 3.05) is 18.4 Å². The van der Waals surface area contributed by atoms with Crippen molar-refractivity contribution in [1.29, 1.82) is 0 Å². The number of aryl methyl sites for hydroxylation is 1. The molecule has 2 amide bonds. The van der Waals surface area contributed by atoms with Crippen LogP contribution in [0.3, 0.4) is 0 Å². The topological polar surface area (TPSA) is 92.9 Å². The van der Waals surface area contributed by atoms with E-state index in [0.29, 0.717) is 13.1 Å². The van der Waals surface area contributed by atoms with Crippen LogP contribution in [0.1, 0.15) is 17.7 Å². The van der Waals surface area contributed by atoms with E-state index in [-0.39, 0.29) is 0 Å². The van der Waals surface area contributed by atoms with E-state index in [4.69, 9.17) is 5.73 Å². The van der Waals surface area contributed by atoms with Crippen molar-refractivity contribution < 1.29 is 4.79 Å². The first-order valence-corrected chi connectivity index (χ1v) is 5.37. The number of hydrogen-bond donors (Lipinski definition) is 3. The molecule has 0 saturated carbocycles. The van der Waals surface area contributed by atoms with Crippen LogP contribution in [0.25, 0.3) is 0 Å². The molecule has 6 heteroatoms. The number of nitrogens with zero attached hydrogens (tertiary/aromatic N) is 2. The molecule has 0 bridgehead atoms. The summed E-state index contributed by atoms with van der Waals surface area (Å²) >= 11 is 0. The number of urea groups is 1. The Kier molecular flexibility index (Phi) is 3.19. The molecule has 6 nitrogen and oxygen atoms in total. The van der Waals surface area contributed by atoms with Crippen molar-refractivity contribution in [2.45, 2.75) is 19.3 Å². The molecule has 0 spiro atoms. The third-order valence-electron chi connectivity index (χ3n) is 2.59. The number of aromatic nitrogens is 2. The molecular weight excluding hydrogens is 206 g/mol. The lowest BCUT2D eigenvalue weighted by Crippen LogP contribution is -2.33. The van der Waals surface area contributed by atoms with Crippen molar-refractivity contribution in [3.05, 3.63) is 17.6 Å². The fourth-order valence-electron chi connectivity index (χ4n) is 1.88. The van der Waals surface area contributed by atoms with Gasteiger partial charge in [-0.2, -0.15) is 0 Å². The summed E-state index contributed by atoms with van der Waals surface area (Å²) in [6.07, 6.45) is 4.78. The van der Waals surface area contributed by atoms with E-state index in [1.54, 1.807) is 6.33 Å². The summed E-state index contributed by atoms with van der Waals surface area (Å²) < 4.78 is 0. The van der Waals surface area contributed by atoms with Crippen LogP contribution in [-0.4, -0.2) is 29.1 Å². The summed E-state index contributed by atoms with van der Waals surface area (Å²) in [5.41, 5.74) is 7.31. The van der Waals surface area contributed by atoms with Gasteiger partial charge >= 0.3 is 6.03 Å². The number of anilines is 1. The van der Waals surface area contributed by atoms with E-state index in [0.717, 1.165) is 30.8 Å². The molecule has 1 heterocycles. The van der Waals surface area contributed by atoms with Gasteiger partial charge in [0, 0.05) is 24.3 Å². The number of fused-ring (bicyclic) bond motifs is 1. The van der Waals surface area contributed by atoms with Crippen LogP contribution in [0.4, 0.5) is 10.6 Å². The van der Waals surface area contributed by atoms with E-state index in [2.05, 4.69) is 20.6 Å². The molecule has 86 valence electrons. The van der Waals surface area contributed by atoms with Crippen molar-refractivity contribution >= 4 is 11.8 Å². The van der Waals surface area contributed by atoms with E-state index >= 15 is 0 Å². The number of hydrogen-bond acceptors (Lipinski definition) is 4. The Bertz CT molecular complexity index is 393. The molecule has 4 N–H and O–H groups in total. The van der Waals surface area contributed by atoms with Gasteiger partial charge in [-0.1, -0.05) is 0 Å². The number of carbonyl (C=O) groups excluding carboxylic acids is 1. The lowest BCUT2D eigenvalue weighted by Gasteiger charge is -2.09. The third-order valence-corrected chi connectivity index (χ3v) is 2.59. The summed E-state index contributed by atoms with van der Waals surface area (Å²) in [5.74, 6) is 0.883. The van der Waals surface area contributed by atoms with Gasteiger partial charge in [0.2, 0.25) is 0 Å². The fraction of sp³-hybridized carbons (Fsp3) is 0.500. The van der Waals surface area contributed by atoms with Crippen LogP contribution in [0.2, 0.25) is 0 Å². The van der Waals surface area contributed by atoms with Crippen LogP contribution in [0.5, 0.6) is 0 Å². The zero-order chi connectivity index (χ0) is 11.4. The Morgan fingerprint density at radius 3 is 3.06 bits per heavy atom. The molecule has 1 aliphatic carbocycles. The predicted octanol–water partition coefficient (Wildman–Crippen LogP) is 0.0455. The molecular formula is C10H15N5O. The molecule has 1 aromatic heterocycles. The van der Waals surface area contributed by atoms with Crippen molar-refractivity contribution in [3.63, 3.8) is 0 Å². The maximum atomic E-state index is 10.5. The molecule has 1 aliphatic rings. The zero-order valence-corrected chi connectivity index (χ0v) is 8.99. The Labute approximate surface area is 93.7 Å². The molecule has 0 aromatic carbocycles. The second-order valence-electron chi connectivity index (χ2n) is 3.72.